The van der Waals surface area contributed by atoms with Gasteiger partial charge in [0.15, 0.2) is 0 Å². The molecular formula is C21H28F3N3O. The Kier molecular flexibility index (Phi) is 8.65. The molecule has 154 valence electrons. The second-order valence-corrected chi connectivity index (χ2v) is 7.12. The molecule has 1 aliphatic rings. The van der Waals surface area contributed by atoms with Crippen molar-refractivity contribution in [2.45, 2.75) is 50.7 Å². The fourth-order valence-electron chi connectivity index (χ4n) is 3.34. The van der Waals surface area contributed by atoms with Gasteiger partial charge in [0.05, 0.1) is 12.1 Å². The van der Waals surface area contributed by atoms with Crippen LogP contribution in [0.5, 0.6) is 0 Å². The molecule has 0 aromatic heterocycles. The third-order valence-electron chi connectivity index (χ3n) is 4.93. The van der Waals surface area contributed by atoms with E-state index in [9.17, 15) is 18.0 Å². The van der Waals surface area contributed by atoms with Crippen LogP contribution in [0.3, 0.4) is 0 Å². The average Bonchev–Trinajstić information content (AvgIpc) is 2.68. The van der Waals surface area contributed by atoms with Crippen molar-refractivity contribution in [3.8, 4) is 11.8 Å². The van der Waals surface area contributed by atoms with Crippen LogP contribution in [-0.2, 0) is 6.18 Å². The summed E-state index contributed by atoms with van der Waals surface area (Å²) in [7, 11) is 2.14. The SMILES string of the molecule is CN(CCCNC(=O)NCC#Cc1cccc(C(F)(F)F)c1)C1CCCCC1. The zero-order valence-electron chi connectivity index (χ0n) is 16.2. The van der Waals surface area contributed by atoms with E-state index in [0.29, 0.717) is 12.6 Å². The molecule has 2 N–H and O–H groups in total. The number of rotatable bonds is 6. The van der Waals surface area contributed by atoms with Gasteiger partial charge >= 0.3 is 12.2 Å². The lowest BCUT2D eigenvalue weighted by molar-refractivity contribution is -0.137. The number of benzene rings is 1. The maximum absolute atomic E-state index is 12.6. The minimum absolute atomic E-state index is 0.0735. The Balaban J connectivity index is 1.62. The highest BCUT2D eigenvalue weighted by molar-refractivity contribution is 5.74. The molecule has 1 fully saturated rings. The summed E-state index contributed by atoms with van der Waals surface area (Å²) in [6, 6.07) is 5.16. The largest absolute Gasteiger partial charge is 0.416 e. The monoisotopic (exact) mass is 395 g/mol. The van der Waals surface area contributed by atoms with Crippen LogP contribution in [0.2, 0.25) is 0 Å². The first-order valence-corrected chi connectivity index (χ1v) is 9.74. The molecule has 0 spiro atoms. The third-order valence-corrected chi connectivity index (χ3v) is 4.93. The van der Waals surface area contributed by atoms with Crippen molar-refractivity contribution in [2.24, 2.45) is 0 Å². The zero-order valence-corrected chi connectivity index (χ0v) is 16.2. The number of hydrogen-bond acceptors (Lipinski definition) is 2. The quantitative estimate of drug-likeness (QED) is 0.565. The Morgan fingerprint density at radius 1 is 1.21 bits per heavy atom. The van der Waals surface area contributed by atoms with Crippen molar-refractivity contribution < 1.29 is 18.0 Å². The van der Waals surface area contributed by atoms with Crippen molar-refractivity contribution in [1.29, 1.82) is 0 Å². The van der Waals surface area contributed by atoms with Crippen molar-refractivity contribution in [2.75, 3.05) is 26.7 Å². The highest BCUT2D eigenvalue weighted by atomic mass is 19.4. The molecule has 1 aliphatic carbocycles. The first-order valence-electron chi connectivity index (χ1n) is 9.74. The topological polar surface area (TPSA) is 44.4 Å². The molecule has 0 radical (unpaired) electrons. The fraction of sp³-hybridized carbons (Fsp3) is 0.571. The van der Waals surface area contributed by atoms with E-state index >= 15 is 0 Å². The number of nitrogens with zero attached hydrogens (tertiary/aromatic N) is 1. The van der Waals surface area contributed by atoms with Crippen LogP contribution < -0.4 is 10.6 Å². The molecular weight excluding hydrogens is 367 g/mol. The van der Waals surface area contributed by atoms with Crippen molar-refractivity contribution in [3.63, 3.8) is 0 Å². The van der Waals surface area contributed by atoms with Crippen LogP contribution in [0, 0.1) is 11.8 Å². The molecule has 0 bridgehead atoms. The summed E-state index contributed by atoms with van der Waals surface area (Å²) in [6.45, 7) is 1.59. The number of amides is 2. The molecule has 1 aromatic rings. The Hall–Kier alpha value is -2.20. The summed E-state index contributed by atoms with van der Waals surface area (Å²) in [5.41, 5.74) is -0.467. The standard InChI is InChI=1S/C21H28F3N3O/c1-27(19-11-3-2-4-12-19)15-7-14-26-20(28)25-13-6-9-17-8-5-10-18(16-17)21(22,23)24/h5,8,10,16,19H,2-4,7,11-15H2,1H3,(H2,25,26,28). The van der Waals surface area contributed by atoms with Gasteiger partial charge in [0.2, 0.25) is 0 Å². The smallest absolute Gasteiger partial charge is 0.338 e. The highest BCUT2D eigenvalue weighted by Crippen LogP contribution is 2.29. The Morgan fingerprint density at radius 2 is 1.96 bits per heavy atom. The van der Waals surface area contributed by atoms with Gasteiger partial charge in [-0.15, -0.1) is 0 Å². The summed E-state index contributed by atoms with van der Waals surface area (Å²) in [5.74, 6) is 5.30. The van der Waals surface area contributed by atoms with Gasteiger partial charge in [0, 0.05) is 18.2 Å². The molecule has 7 heteroatoms. The molecule has 1 saturated carbocycles. The molecule has 0 unspecified atom stereocenters. The van der Waals surface area contributed by atoms with Gasteiger partial charge in [-0.05, 0) is 51.1 Å². The second-order valence-electron chi connectivity index (χ2n) is 7.12. The van der Waals surface area contributed by atoms with E-state index in [1.807, 2.05) is 0 Å². The number of alkyl halides is 3. The second kappa shape index (κ2) is 11.0. The summed E-state index contributed by atoms with van der Waals surface area (Å²) in [5, 5.41) is 5.37. The summed E-state index contributed by atoms with van der Waals surface area (Å²) >= 11 is 0. The van der Waals surface area contributed by atoms with E-state index in [1.165, 1.54) is 44.2 Å². The van der Waals surface area contributed by atoms with Gasteiger partial charge in [-0.25, -0.2) is 4.79 Å². The van der Waals surface area contributed by atoms with E-state index in [1.54, 1.807) is 0 Å². The summed E-state index contributed by atoms with van der Waals surface area (Å²) in [4.78, 5) is 14.1. The minimum Gasteiger partial charge on any atom is -0.338 e. The number of urea groups is 1. The number of nitrogens with one attached hydrogen (secondary N) is 2. The van der Waals surface area contributed by atoms with E-state index in [2.05, 4.69) is 34.4 Å². The molecule has 1 aromatic carbocycles. The molecule has 4 nitrogen and oxygen atoms in total. The van der Waals surface area contributed by atoms with Crippen LogP contribution in [0.15, 0.2) is 24.3 Å². The molecule has 0 heterocycles. The van der Waals surface area contributed by atoms with Gasteiger partial charge in [-0.3, -0.25) is 0 Å². The normalized spacial score (nSPS) is 15.0. The van der Waals surface area contributed by atoms with Crippen molar-refractivity contribution in [1.82, 2.24) is 15.5 Å². The lowest BCUT2D eigenvalue weighted by Gasteiger charge is -2.31. The highest BCUT2D eigenvalue weighted by Gasteiger charge is 2.30. The molecule has 0 aliphatic heterocycles. The summed E-state index contributed by atoms with van der Waals surface area (Å²) < 4.78 is 37.9. The maximum atomic E-state index is 12.6. The predicted molar refractivity (Wildman–Crippen MR) is 104 cm³/mol. The lowest BCUT2D eigenvalue weighted by Crippen LogP contribution is -2.38. The van der Waals surface area contributed by atoms with Crippen LogP contribution in [0.1, 0.15) is 49.7 Å². The lowest BCUT2D eigenvalue weighted by atomic mass is 9.94. The van der Waals surface area contributed by atoms with E-state index < -0.39 is 11.7 Å². The number of hydrogen-bond donors (Lipinski definition) is 2. The first kappa shape index (κ1) is 22.1. The summed E-state index contributed by atoms with van der Waals surface area (Å²) in [6.07, 6.45) is 2.94. The average molecular weight is 395 g/mol. The van der Waals surface area contributed by atoms with Crippen molar-refractivity contribution >= 4 is 6.03 Å². The maximum Gasteiger partial charge on any atom is 0.416 e. The van der Waals surface area contributed by atoms with Crippen LogP contribution >= 0.6 is 0 Å². The molecule has 0 atom stereocenters. The molecule has 28 heavy (non-hydrogen) atoms. The van der Waals surface area contributed by atoms with Gasteiger partial charge in [0.1, 0.15) is 0 Å². The van der Waals surface area contributed by atoms with E-state index in [0.717, 1.165) is 25.1 Å². The van der Waals surface area contributed by atoms with Crippen molar-refractivity contribution in [3.05, 3.63) is 35.4 Å². The Labute approximate surface area is 164 Å². The Bertz CT molecular complexity index is 688. The van der Waals surface area contributed by atoms with Crippen LogP contribution in [0.25, 0.3) is 0 Å². The number of carbonyl (C=O) groups excluding carboxylic acids is 1. The van der Waals surface area contributed by atoms with E-state index in [-0.39, 0.29) is 18.1 Å². The van der Waals surface area contributed by atoms with Gasteiger partial charge < -0.3 is 15.5 Å². The van der Waals surface area contributed by atoms with Crippen LogP contribution in [-0.4, -0.2) is 43.7 Å². The number of carbonyl (C=O) groups is 1. The Morgan fingerprint density at radius 3 is 2.68 bits per heavy atom. The van der Waals surface area contributed by atoms with Gasteiger partial charge in [-0.1, -0.05) is 37.2 Å². The predicted octanol–water partition coefficient (Wildman–Crippen LogP) is 4.01. The van der Waals surface area contributed by atoms with Gasteiger partial charge in [-0.2, -0.15) is 13.2 Å². The van der Waals surface area contributed by atoms with Crippen LogP contribution in [0.4, 0.5) is 18.0 Å². The molecule has 2 amide bonds. The number of halogens is 3. The van der Waals surface area contributed by atoms with Gasteiger partial charge in [0.25, 0.3) is 0 Å². The fourth-order valence-corrected chi connectivity index (χ4v) is 3.34. The molecule has 0 saturated heterocycles. The molecule has 2 rings (SSSR count). The van der Waals surface area contributed by atoms with E-state index in [4.69, 9.17) is 0 Å². The third kappa shape index (κ3) is 7.81. The first-order chi connectivity index (χ1) is 13.4. The zero-order chi connectivity index (χ0) is 20.4. The minimum atomic E-state index is -4.39.